The van der Waals surface area contributed by atoms with Gasteiger partial charge in [-0.05, 0) is 42.6 Å². The molecular formula is C22H20ClN3O2S. The lowest BCUT2D eigenvalue weighted by Gasteiger charge is -2.16. The van der Waals surface area contributed by atoms with Crippen LogP contribution in [-0.4, -0.2) is 22.1 Å². The van der Waals surface area contributed by atoms with Gasteiger partial charge in [-0.3, -0.25) is 4.79 Å². The smallest absolute Gasteiger partial charge is 0.261 e. The molecule has 1 unspecified atom stereocenters. The van der Waals surface area contributed by atoms with E-state index in [1.165, 1.54) is 11.3 Å². The SMILES string of the molecule is CC(NC(=O)c1cccs1)c1nc2ccccc2n1CCOc1ccccc1Cl. The average molecular weight is 426 g/mol. The number of rotatable bonds is 7. The van der Waals surface area contributed by atoms with Gasteiger partial charge in [0.05, 0.1) is 33.5 Å². The Labute approximate surface area is 177 Å². The van der Waals surface area contributed by atoms with Crippen LogP contribution in [0.25, 0.3) is 11.0 Å². The van der Waals surface area contributed by atoms with Crippen molar-refractivity contribution < 1.29 is 9.53 Å². The Morgan fingerprint density at radius 2 is 1.97 bits per heavy atom. The number of ether oxygens (including phenoxy) is 1. The maximum atomic E-state index is 12.5. The van der Waals surface area contributed by atoms with Gasteiger partial charge in [0.15, 0.2) is 0 Å². The van der Waals surface area contributed by atoms with Crippen molar-refractivity contribution in [1.29, 1.82) is 0 Å². The van der Waals surface area contributed by atoms with Crippen molar-refractivity contribution in [3.63, 3.8) is 0 Å². The number of carbonyl (C=O) groups is 1. The summed E-state index contributed by atoms with van der Waals surface area (Å²) in [5.41, 5.74) is 1.89. The van der Waals surface area contributed by atoms with Crippen LogP contribution in [0, 0.1) is 0 Å². The minimum absolute atomic E-state index is 0.0987. The molecule has 1 amide bonds. The summed E-state index contributed by atoms with van der Waals surface area (Å²) in [6.45, 7) is 2.96. The van der Waals surface area contributed by atoms with E-state index in [0.717, 1.165) is 16.9 Å². The fourth-order valence-electron chi connectivity index (χ4n) is 3.21. The molecule has 0 spiro atoms. The van der Waals surface area contributed by atoms with Crippen molar-refractivity contribution >= 4 is 39.9 Å². The molecule has 0 saturated heterocycles. The number of benzene rings is 2. The highest BCUT2D eigenvalue weighted by atomic mass is 35.5. The van der Waals surface area contributed by atoms with Gasteiger partial charge in [-0.2, -0.15) is 0 Å². The highest BCUT2D eigenvalue weighted by molar-refractivity contribution is 7.12. The van der Waals surface area contributed by atoms with E-state index in [-0.39, 0.29) is 11.9 Å². The van der Waals surface area contributed by atoms with Crippen molar-refractivity contribution in [2.75, 3.05) is 6.61 Å². The summed E-state index contributed by atoms with van der Waals surface area (Å²) >= 11 is 7.60. The molecule has 5 nitrogen and oxygen atoms in total. The maximum Gasteiger partial charge on any atom is 0.261 e. The Balaban J connectivity index is 1.55. The quantitative estimate of drug-likeness (QED) is 0.436. The van der Waals surface area contributed by atoms with Gasteiger partial charge in [0.1, 0.15) is 18.2 Å². The van der Waals surface area contributed by atoms with Crippen LogP contribution < -0.4 is 10.1 Å². The molecule has 1 N–H and O–H groups in total. The third-order valence-electron chi connectivity index (χ3n) is 4.57. The second kappa shape index (κ2) is 8.68. The van der Waals surface area contributed by atoms with Crippen LogP contribution in [-0.2, 0) is 6.54 Å². The molecule has 0 bridgehead atoms. The van der Waals surface area contributed by atoms with Gasteiger partial charge in [0, 0.05) is 0 Å². The molecule has 2 aromatic carbocycles. The summed E-state index contributed by atoms with van der Waals surface area (Å²) in [4.78, 5) is 17.9. The number of aromatic nitrogens is 2. The number of fused-ring (bicyclic) bond motifs is 1. The number of para-hydroxylation sites is 3. The Kier molecular flexibility index (Phi) is 5.83. The van der Waals surface area contributed by atoms with Gasteiger partial charge >= 0.3 is 0 Å². The van der Waals surface area contributed by atoms with E-state index in [0.29, 0.717) is 28.8 Å². The highest BCUT2D eigenvalue weighted by Gasteiger charge is 2.19. The van der Waals surface area contributed by atoms with Crippen LogP contribution in [0.1, 0.15) is 28.5 Å². The molecule has 4 aromatic rings. The third-order valence-corrected chi connectivity index (χ3v) is 5.75. The Morgan fingerprint density at radius 1 is 1.17 bits per heavy atom. The Bertz CT molecular complexity index is 1120. The maximum absolute atomic E-state index is 12.5. The van der Waals surface area contributed by atoms with Crippen molar-refractivity contribution in [2.45, 2.75) is 19.5 Å². The lowest BCUT2D eigenvalue weighted by Crippen LogP contribution is -2.28. The van der Waals surface area contributed by atoms with Crippen LogP contribution in [0.2, 0.25) is 5.02 Å². The van der Waals surface area contributed by atoms with Crippen LogP contribution in [0.4, 0.5) is 0 Å². The van der Waals surface area contributed by atoms with Gasteiger partial charge in [0.2, 0.25) is 0 Å². The molecule has 29 heavy (non-hydrogen) atoms. The molecule has 148 valence electrons. The number of amides is 1. The first-order chi connectivity index (χ1) is 14.1. The number of hydrogen-bond donors (Lipinski definition) is 1. The topological polar surface area (TPSA) is 56.2 Å². The van der Waals surface area contributed by atoms with Crippen molar-refractivity contribution in [2.24, 2.45) is 0 Å². The zero-order valence-corrected chi connectivity index (χ0v) is 17.4. The first-order valence-corrected chi connectivity index (χ1v) is 10.6. The number of nitrogens with zero attached hydrogens (tertiary/aromatic N) is 2. The number of thiophene rings is 1. The van der Waals surface area contributed by atoms with Gasteiger partial charge < -0.3 is 14.6 Å². The summed E-state index contributed by atoms with van der Waals surface area (Å²) in [5, 5.41) is 5.52. The van der Waals surface area contributed by atoms with Crippen molar-refractivity contribution in [1.82, 2.24) is 14.9 Å². The zero-order valence-electron chi connectivity index (χ0n) is 15.8. The molecule has 0 aliphatic rings. The molecule has 1 atom stereocenters. The second-order valence-corrected chi connectivity index (χ2v) is 7.92. The summed E-state index contributed by atoms with van der Waals surface area (Å²) in [5.74, 6) is 1.34. The fourth-order valence-corrected chi connectivity index (χ4v) is 4.03. The average Bonchev–Trinajstić information content (AvgIpc) is 3.38. The molecule has 0 aliphatic carbocycles. The molecular weight excluding hydrogens is 406 g/mol. The van der Waals surface area contributed by atoms with E-state index < -0.39 is 0 Å². The molecule has 2 heterocycles. The van der Waals surface area contributed by atoms with E-state index in [2.05, 4.69) is 9.88 Å². The third kappa shape index (κ3) is 4.28. The zero-order chi connectivity index (χ0) is 20.2. The van der Waals surface area contributed by atoms with Crippen LogP contribution in [0.5, 0.6) is 5.75 Å². The summed E-state index contributed by atoms with van der Waals surface area (Å²) in [6, 6.07) is 18.8. The van der Waals surface area contributed by atoms with E-state index in [9.17, 15) is 4.79 Å². The Hall–Kier alpha value is -2.83. The molecule has 4 rings (SSSR count). The molecule has 0 saturated carbocycles. The molecule has 0 fully saturated rings. The van der Waals surface area contributed by atoms with Crippen molar-refractivity contribution in [3.8, 4) is 5.75 Å². The molecule has 7 heteroatoms. The lowest BCUT2D eigenvalue weighted by molar-refractivity contribution is 0.0941. The van der Waals surface area contributed by atoms with Gasteiger partial charge in [-0.1, -0.05) is 41.9 Å². The summed E-state index contributed by atoms with van der Waals surface area (Å²) in [6.07, 6.45) is 0. The summed E-state index contributed by atoms with van der Waals surface area (Å²) < 4.78 is 7.96. The predicted molar refractivity (Wildman–Crippen MR) is 117 cm³/mol. The van der Waals surface area contributed by atoms with E-state index in [1.54, 1.807) is 6.07 Å². The van der Waals surface area contributed by atoms with Crippen molar-refractivity contribution in [3.05, 3.63) is 81.8 Å². The lowest BCUT2D eigenvalue weighted by atomic mass is 10.3. The normalized spacial score (nSPS) is 12.1. The van der Waals surface area contributed by atoms with E-state index in [1.807, 2.05) is 66.9 Å². The number of hydrogen-bond acceptors (Lipinski definition) is 4. The number of carbonyl (C=O) groups excluding carboxylic acids is 1. The van der Waals surface area contributed by atoms with Gasteiger partial charge in [-0.25, -0.2) is 4.98 Å². The highest BCUT2D eigenvalue weighted by Crippen LogP contribution is 2.24. The number of halogens is 1. The van der Waals surface area contributed by atoms with E-state index in [4.69, 9.17) is 21.3 Å². The predicted octanol–water partition coefficient (Wildman–Crippen LogP) is 5.32. The monoisotopic (exact) mass is 425 g/mol. The molecule has 0 radical (unpaired) electrons. The van der Waals surface area contributed by atoms with Crippen LogP contribution in [0.15, 0.2) is 66.0 Å². The standard InChI is InChI=1S/C22H20ClN3O2S/c1-15(24-22(27)20-11-6-14-29-20)21-25-17-8-3-4-9-18(17)26(21)12-13-28-19-10-5-2-7-16(19)23/h2-11,14-15H,12-13H2,1H3,(H,24,27). The van der Waals surface area contributed by atoms with Gasteiger partial charge in [0.25, 0.3) is 5.91 Å². The number of imidazole rings is 1. The minimum Gasteiger partial charge on any atom is -0.490 e. The van der Waals surface area contributed by atoms with Crippen LogP contribution >= 0.6 is 22.9 Å². The van der Waals surface area contributed by atoms with Gasteiger partial charge in [-0.15, -0.1) is 11.3 Å². The molecule has 2 aromatic heterocycles. The fraction of sp³-hybridized carbons (Fsp3) is 0.182. The largest absolute Gasteiger partial charge is 0.490 e. The number of nitrogens with one attached hydrogen (secondary N) is 1. The minimum atomic E-state index is -0.252. The first-order valence-electron chi connectivity index (χ1n) is 9.30. The molecule has 0 aliphatic heterocycles. The Morgan fingerprint density at radius 3 is 2.76 bits per heavy atom. The van der Waals surface area contributed by atoms with E-state index >= 15 is 0 Å². The second-order valence-electron chi connectivity index (χ2n) is 6.56. The first kappa shape index (κ1) is 19.5. The summed E-state index contributed by atoms with van der Waals surface area (Å²) in [7, 11) is 0. The van der Waals surface area contributed by atoms with Crippen LogP contribution in [0.3, 0.4) is 0 Å².